The molecule has 8 nitrogen and oxygen atoms in total. The van der Waals surface area contributed by atoms with E-state index >= 15 is 0 Å². The number of primary sulfonamides is 1. The van der Waals surface area contributed by atoms with E-state index < -0.39 is 16.0 Å². The lowest BCUT2D eigenvalue weighted by Gasteiger charge is -2.08. The SMILES string of the molecule is COc1ccc(C(=O)OCc2coc(-c3cccs3)n2)cc1S(N)(=O)=O. The van der Waals surface area contributed by atoms with Crippen molar-refractivity contribution in [3.8, 4) is 16.5 Å². The van der Waals surface area contributed by atoms with E-state index in [0.717, 1.165) is 10.9 Å². The van der Waals surface area contributed by atoms with Gasteiger partial charge in [-0.25, -0.2) is 23.3 Å². The van der Waals surface area contributed by atoms with Gasteiger partial charge in [0.1, 0.15) is 29.2 Å². The predicted octanol–water partition coefficient (Wildman–Crippen LogP) is 2.42. The molecule has 0 amide bonds. The Kier molecular flexibility index (Phi) is 5.07. The number of carbonyl (C=O) groups is 1. The third kappa shape index (κ3) is 3.93. The first-order valence-corrected chi connectivity index (χ1v) is 9.67. The molecule has 0 saturated heterocycles. The molecule has 2 heterocycles. The van der Waals surface area contributed by atoms with E-state index in [1.54, 1.807) is 0 Å². The molecule has 0 aliphatic rings. The predicted molar refractivity (Wildman–Crippen MR) is 93.3 cm³/mol. The molecule has 0 unspecified atom stereocenters. The van der Waals surface area contributed by atoms with Crippen LogP contribution >= 0.6 is 11.3 Å². The first kappa shape index (κ1) is 18.1. The highest BCUT2D eigenvalue weighted by atomic mass is 32.2. The minimum absolute atomic E-state index is 0.0248. The monoisotopic (exact) mass is 394 g/mol. The van der Waals surface area contributed by atoms with Gasteiger partial charge in [-0.1, -0.05) is 6.07 Å². The van der Waals surface area contributed by atoms with Crippen molar-refractivity contribution >= 4 is 27.3 Å². The molecule has 0 saturated carbocycles. The summed E-state index contributed by atoms with van der Waals surface area (Å²) < 4.78 is 38.6. The minimum atomic E-state index is -4.05. The largest absolute Gasteiger partial charge is 0.495 e. The van der Waals surface area contributed by atoms with Gasteiger partial charge in [0.25, 0.3) is 0 Å². The van der Waals surface area contributed by atoms with E-state index in [9.17, 15) is 13.2 Å². The maximum atomic E-state index is 12.2. The molecule has 3 aromatic rings. The Labute approximate surface area is 153 Å². The van der Waals surface area contributed by atoms with Gasteiger partial charge in [0.15, 0.2) is 0 Å². The first-order chi connectivity index (χ1) is 12.4. The Morgan fingerprint density at radius 3 is 2.81 bits per heavy atom. The summed E-state index contributed by atoms with van der Waals surface area (Å²) in [5.41, 5.74) is 0.457. The molecule has 0 atom stereocenters. The van der Waals surface area contributed by atoms with E-state index in [-0.39, 0.29) is 22.8 Å². The van der Waals surface area contributed by atoms with E-state index in [1.165, 1.54) is 36.8 Å². The highest BCUT2D eigenvalue weighted by molar-refractivity contribution is 7.89. The molecule has 1 aromatic carbocycles. The molecule has 0 aliphatic carbocycles. The maximum Gasteiger partial charge on any atom is 0.338 e. The highest BCUT2D eigenvalue weighted by Crippen LogP contribution is 2.25. The third-order valence-electron chi connectivity index (χ3n) is 3.34. The van der Waals surface area contributed by atoms with Gasteiger partial charge in [0, 0.05) is 0 Å². The number of carbonyl (C=O) groups excluding carboxylic acids is 1. The van der Waals surface area contributed by atoms with Crippen LogP contribution in [0.2, 0.25) is 0 Å². The number of rotatable bonds is 6. The zero-order valence-electron chi connectivity index (χ0n) is 13.5. The fourth-order valence-electron chi connectivity index (χ4n) is 2.14. The zero-order valence-corrected chi connectivity index (χ0v) is 15.2. The molecular formula is C16H14N2O6S2. The van der Waals surface area contributed by atoms with Crippen molar-refractivity contribution in [3.63, 3.8) is 0 Å². The van der Waals surface area contributed by atoms with Crippen LogP contribution < -0.4 is 9.88 Å². The molecule has 0 radical (unpaired) electrons. The van der Waals surface area contributed by atoms with E-state index in [0.29, 0.717) is 11.6 Å². The van der Waals surface area contributed by atoms with Crippen molar-refractivity contribution in [1.29, 1.82) is 0 Å². The van der Waals surface area contributed by atoms with Crippen molar-refractivity contribution in [1.82, 2.24) is 4.98 Å². The molecule has 2 aromatic heterocycles. The Bertz CT molecular complexity index is 1020. The summed E-state index contributed by atoms with van der Waals surface area (Å²) >= 11 is 1.47. The minimum Gasteiger partial charge on any atom is -0.495 e. The van der Waals surface area contributed by atoms with Crippen LogP contribution in [0.5, 0.6) is 5.75 Å². The Hall–Kier alpha value is -2.69. The standard InChI is InChI=1S/C16H14N2O6S2/c1-22-12-5-4-10(7-14(12)26(17,20)21)16(19)24-9-11-8-23-15(18-11)13-3-2-6-25-13/h2-8H,9H2,1H3,(H2,17,20,21). The molecule has 3 rings (SSSR count). The second-order valence-electron chi connectivity index (χ2n) is 5.11. The summed E-state index contributed by atoms with van der Waals surface area (Å²) in [7, 11) is -2.75. The number of methoxy groups -OCH3 is 1. The molecule has 2 N–H and O–H groups in total. The molecule has 136 valence electrons. The van der Waals surface area contributed by atoms with Crippen molar-refractivity contribution < 1.29 is 27.1 Å². The second-order valence-corrected chi connectivity index (χ2v) is 7.59. The number of esters is 1. The van der Waals surface area contributed by atoms with Crippen LogP contribution in [-0.2, 0) is 21.4 Å². The molecule has 0 bridgehead atoms. The molecular weight excluding hydrogens is 380 g/mol. The summed E-state index contributed by atoms with van der Waals surface area (Å²) in [6.45, 7) is -0.121. The van der Waals surface area contributed by atoms with Crippen molar-refractivity contribution in [3.05, 3.63) is 53.2 Å². The number of benzene rings is 1. The molecule has 0 aliphatic heterocycles. The lowest BCUT2D eigenvalue weighted by molar-refractivity contribution is 0.0467. The highest BCUT2D eigenvalue weighted by Gasteiger charge is 2.19. The van der Waals surface area contributed by atoms with Crippen LogP contribution in [0.3, 0.4) is 0 Å². The van der Waals surface area contributed by atoms with Gasteiger partial charge in [-0.05, 0) is 29.6 Å². The Morgan fingerprint density at radius 1 is 1.35 bits per heavy atom. The molecule has 26 heavy (non-hydrogen) atoms. The number of ether oxygens (including phenoxy) is 2. The molecule has 10 heteroatoms. The summed E-state index contributed by atoms with van der Waals surface area (Å²) in [4.78, 5) is 17.0. The van der Waals surface area contributed by atoms with Crippen LogP contribution in [0, 0.1) is 0 Å². The third-order valence-corrected chi connectivity index (χ3v) is 5.13. The number of thiophene rings is 1. The van der Waals surface area contributed by atoms with Gasteiger partial charge < -0.3 is 13.9 Å². The smallest absolute Gasteiger partial charge is 0.338 e. The Morgan fingerprint density at radius 2 is 2.15 bits per heavy atom. The number of hydrogen-bond donors (Lipinski definition) is 1. The fourth-order valence-corrected chi connectivity index (χ4v) is 3.51. The van der Waals surface area contributed by atoms with Gasteiger partial charge in [-0.15, -0.1) is 11.3 Å². The van der Waals surface area contributed by atoms with E-state index in [1.807, 2.05) is 17.5 Å². The van der Waals surface area contributed by atoms with Gasteiger partial charge in [-0.2, -0.15) is 0 Å². The maximum absolute atomic E-state index is 12.2. The second kappa shape index (κ2) is 7.28. The van der Waals surface area contributed by atoms with Crippen molar-refractivity contribution in [2.45, 2.75) is 11.5 Å². The number of nitrogens with two attached hydrogens (primary N) is 1. The number of aromatic nitrogens is 1. The van der Waals surface area contributed by atoms with Crippen LogP contribution in [0.1, 0.15) is 16.1 Å². The van der Waals surface area contributed by atoms with Crippen molar-refractivity contribution in [2.24, 2.45) is 5.14 Å². The van der Waals surface area contributed by atoms with E-state index in [2.05, 4.69) is 4.98 Å². The topological polar surface area (TPSA) is 122 Å². The summed E-state index contributed by atoms with van der Waals surface area (Å²) in [5.74, 6) is -0.244. The lowest BCUT2D eigenvalue weighted by atomic mass is 10.2. The molecule has 0 fully saturated rings. The average molecular weight is 394 g/mol. The summed E-state index contributed by atoms with van der Waals surface area (Å²) in [5, 5.41) is 7.03. The van der Waals surface area contributed by atoms with Gasteiger partial charge >= 0.3 is 5.97 Å². The first-order valence-electron chi connectivity index (χ1n) is 7.24. The van der Waals surface area contributed by atoms with Crippen molar-refractivity contribution in [2.75, 3.05) is 7.11 Å². The van der Waals surface area contributed by atoms with E-state index in [4.69, 9.17) is 19.0 Å². The average Bonchev–Trinajstić information content (AvgIpc) is 3.29. The van der Waals surface area contributed by atoms with Gasteiger partial charge in [0.2, 0.25) is 15.9 Å². The number of nitrogens with zero attached hydrogens (tertiary/aromatic N) is 1. The number of hydrogen-bond acceptors (Lipinski definition) is 8. The zero-order chi connectivity index (χ0) is 18.7. The summed E-state index contributed by atoms with van der Waals surface area (Å²) in [6.07, 6.45) is 1.39. The number of sulfonamides is 1. The fraction of sp³-hybridized carbons (Fsp3) is 0.125. The normalized spacial score (nSPS) is 11.3. The van der Waals surface area contributed by atoms with Gasteiger partial charge in [-0.3, -0.25) is 0 Å². The molecule has 0 spiro atoms. The van der Waals surface area contributed by atoms with Crippen LogP contribution in [0.25, 0.3) is 10.8 Å². The number of oxazole rings is 1. The Balaban J connectivity index is 1.73. The summed E-state index contributed by atoms with van der Waals surface area (Å²) in [6, 6.07) is 7.56. The lowest BCUT2D eigenvalue weighted by Crippen LogP contribution is -2.15. The van der Waals surface area contributed by atoms with Crippen LogP contribution in [-0.4, -0.2) is 26.5 Å². The van der Waals surface area contributed by atoms with Crippen LogP contribution in [0.15, 0.2) is 51.3 Å². The van der Waals surface area contributed by atoms with Gasteiger partial charge in [0.05, 0.1) is 17.6 Å². The van der Waals surface area contributed by atoms with Crippen LogP contribution in [0.4, 0.5) is 0 Å². The quantitative estimate of drug-likeness (QED) is 0.637.